The van der Waals surface area contributed by atoms with Crippen molar-refractivity contribution in [3.8, 4) is 0 Å². The van der Waals surface area contributed by atoms with Gasteiger partial charge in [-0.25, -0.2) is 0 Å². The third kappa shape index (κ3) is 2.01. The molecular weight excluding hydrogens is 225 g/mol. The smallest absolute Gasteiger partial charge is 0.392 e. The average Bonchev–Trinajstić information content (AvgIpc) is 2.81. The van der Waals surface area contributed by atoms with Crippen molar-refractivity contribution >= 4 is 5.91 Å². The zero-order valence-electron chi connectivity index (χ0n) is 8.47. The molecule has 16 heavy (non-hydrogen) atoms. The van der Waals surface area contributed by atoms with Crippen molar-refractivity contribution in [3.63, 3.8) is 0 Å². The van der Waals surface area contributed by atoms with Gasteiger partial charge in [0.2, 0.25) is 5.91 Å². The van der Waals surface area contributed by atoms with E-state index in [1.807, 2.05) is 5.32 Å². The minimum Gasteiger partial charge on any atom is -0.392 e. The summed E-state index contributed by atoms with van der Waals surface area (Å²) in [5.41, 5.74) is -2.01. The first-order valence-electron chi connectivity index (χ1n) is 5.14. The van der Waals surface area contributed by atoms with Gasteiger partial charge in [-0.1, -0.05) is 0 Å². The van der Waals surface area contributed by atoms with Crippen molar-refractivity contribution in [2.24, 2.45) is 0 Å². The average molecular weight is 238 g/mol. The highest BCUT2D eigenvalue weighted by Gasteiger charge is 2.64. The fourth-order valence-corrected chi connectivity index (χ4v) is 1.84. The van der Waals surface area contributed by atoms with Gasteiger partial charge >= 0.3 is 6.18 Å². The molecule has 0 aromatic carbocycles. The number of carbonyl (C=O) groups is 1. The summed E-state index contributed by atoms with van der Waals surface area (Å²) in [5.74, 6) is -0.675. The molecule has 1 amide bonds. The Labute approximate surface area is 90.2 Å². The molecular formula is C9H13F3N2O2. The normalized spacial score (nSPS) is 32.5. The fourth-order valence-electron chi connectivity index (χ4n) is 1.84. The van der Waals surface area contributed by atoms with E-state index in [0.29, 0.717) is 0 Å². The maximum atomic E-state index is 12.5. The molecule has 1 aliphatic carbocycles. The van der Waals surface area contributed by atoms with Crippen molar-refractivity contribution in [1.29, 1.82) is 0 Å². The SMILES string of the molecule is O=C(NC1(C(F)(F)F)CC1)C1CC(O)CN1. The monoisotopic (exact) mass is 238 g/mol. The molecule has 1 saturated carbocycles. The Kier molecular flexibility index (Phi) is 2.62. The van der Waals surface area contributed by atoms with E-state index in [9.17, 15) is 18.0 Å². The lowest BCUT2D eigenvalue weighted by Gasteiger charge is -2.22. The molecule has 0 bridgehead atoms. The van der Waals surface area contributed by atoms with Gasteiger partial charge in [0.1, 0.15) is 5.54 Å². The van der Waals surface area contributed by atoms with E-state index in [-0.39, 0.29) is 25.8 Å². The van der Waals surface area contributed by atoms with Crippen LogP contribution in [0.15, 0.2) is 0 Å². The lowest BCUT2D eigenvalue weighted by molar-refractivity contribution is -0.170. The highest BCUT2D eigenvalue weighted by molar-refractivity contribution is 5.83. The lowest BCUT2D eigenvalue weighted by atomic mass is 10.1. The number of nitrogens with one attached hydrogen (secondary N) is 2. The number of aliphatic hydroxyl groups excluding tert-OH is 1. The Morgan fingerprint density at radius 3 is 2.44 bits per heavy atom. The summed E-state index contributed by atoms with van der Waals surface area (Å²) in [6.07, 6.45) is -4.99. The second-order valence-electron chi connectivity index (χ2n) is 4.42. The molecule has 92 valence electrons. The molecule has 4 nitrogen and oxygen atoms in total. The molecule has 2 fully saturated rings. The number of carbonyl (C=O) groups excluding carboxylic acids is 1. The van der Waals surface area contributed by atoms with Crippen LogP contribution in [-0.2, 0) is 4.79 Å². The van der Waals surface area contributed by atoms with Crippen LogP contribution in [0, 0.1) is 0 Å². The Morgan fingerprint density at radius 1 is 1.44 bits per heavy atom. The van der Waals surface area contributed by atoms with E-state index >= 15 is 0 Å². The summed E-state index contributed by atoms with van der Waals surface area (Å²) in [6, 6.07) is -0.713. The maximum Gasteiger partial charge on any atom is 0.411 e. The summed E-state index contributed by atoms with van der Waals surface area (Å²) < 4.78 is 37.6. The number of halogens is 3. The summed E-state index contributed by atoms with van der Waals surface area (Å²) in [4.78, 5) is 11.5. The number of rotatable bonds is 2. The van der Waals surface area contributed by atoms with Crippen LogP contribution in [0.3, 0.4) is 0 Å². The van der Waals surface area contributed by atoms with E-state index in [1.54, 1.807) is 0 Å². The number of aliphatic hydroxyl groups is 1. The fraction of sp³-hybridized carbons (Fsp3) is 0.889. The number of hydrogen-bond acceptors (Lipinski definition) is 3. The van der Waals surface area contributed by atoms with Crippen LogP contribution in [0.2, 0.25) is 0 Å². The van der Waals surface area contributed by atoms with Crippen LogP contribution < -0.4 is 10.6 Å². The molecule has 0 aromatic heterocycles. The molecule has 1 heterocycles. The second kappa shape index (κ2) is 3.59. The first kappa shape index (κ1) is 11.7. The van der Waals surface area contributed by atoms with Gasteiger partial charge in [0.25, 0.3) is 0 Å². The van der Waals surface area contributed by atoms with Gasteiger partial charge in [-0.15, -0.1) is 0 Å². The van der Waals surface area contributed by atoms with Gasteiger partial charge in [-0.05, 0) is 19.3 Å². The Morgan fingerprint density at radius 2 is 2.06 bits per heavy atom. The van der Waals surface area contributed by atoms with Crippen LogP contribution in [0.4, 0.5) is 13.2 Å². The summed E-state index contributed by atoms with van der Waals surface area (Å²) in [5, 5.41) is 13.9. The Bertz CT molecular complexity index is 302. The third-order valence-electron chi connectivity index (χ3n) is 3.08. The predicted octanol–water partition coefficient (Wildman–Crippen LogP) is -0.0797. The van der Waals surface area contributed by atoms with Gasteiger partial charge < -0.3 is 15.7 Å². The molecule has 7 heteroatoms. The van der Waals surface area contributed by atoms with Crippen molar-refractivity contribution < 1.29 is 23.1 Å². The van der Waals surface area contributed by atoms with Crippen LogP contribution in [0.5, 0.6) is 0 Å². The van der Waals surface area contributed by atoms with E-state index in [0.717, 1.165) is 0 Å². The quantitative estimate of drug-likeness (QED) is 0.630. The Hall–Kier alpha value is -0.820. The number of hydrogen-bond donors (Lipinski definition) is 3. The predicted molar refractivity (Wildman–Crippen MR) is 48.6 cm³/mol. The highest BCUT2D eigenvalue weighted by atomic mass is 19.4. The molecule has 2 aliphatic rings. The minimum atomic E-state index is -4.39. The van der Waals surface area contributed by atoms with Gasteiger partial charge in [0.15, 0.2) is 0 Å². The molecule has 0 spiro atoms. The summed E-state index contributed by atoms with van der Waals surface area (Å²) >= 11 is 0. The molecule has 0 aromatic rings. The van der Waals surface area contributed by atoms with Gasteiger partial charge in [-0.3, -0.25) is 4.79 Å². The third-order valence-corrected chi connectivity index (χ3v) is 3.08. The van der Waals surface area contributed by atoms with E-state index in [2.05, 4.69) is 5.32 Å². The van der Waals surface area contributed by atoms with Crippen LogP contribution in [0.1, 0.15) is 19.3 Å². The molecule has 1 aliphatic heterocycles. The first-order valence-corrected chi connectivity index (χ1v) is 5.14. The topological polar surface area (TPSA) is 61.4 Å². The highest BCUT2D eigenvalue weighted by Crippen LogP contribution is 2.48. The molecule has 0 radical (unpaired) electrons. The van der Waals surface area contributed by atoms with Gasteiger partial charge in [0, 0.05) is 6.54 Å². The zero-order chi connectivity index (χ0) is 12.0. The van der Waals surface area contributed by atoms with Crippen molar-refractivity contribution in [1.82, 2.24) is 10.6 Å². The van der Waals surface area contributed by atoms with E-state index < -0.39 is 29.8 Å². The van der Waals surface area contributed by atoms with Gasteiger partial charge in [-0.2, -0.15) is 13.2 Å². The van der Waals surface area contributed by atoms with Crippen LogP contribution >= 0.6 is 0 Å². The van der Waals surface area contributed by atoms with Crippen LogP contribution in [-0.4, -0.2) is 41.4 Å². The first-order chi connectivity index (χ1) is 7.34. The van der Waals surface area contributed by atoms with Crippen LogP contribution in [0.25, 0.3) is 0 Å². The summed E-state index contributed by atoms with van der Waals surface area (Å²) in [6.45, 7) is 0.247. The molecule has 2 unspecified atom stereocenters. The molecule has 2 atom stereocenters. The standard InChI is InChI=1S/C9H13F3N2O2/c10-9(11,12)8(1-2-8)14-7(16)6-3-5(15)4-13-6/h5-6,13,15H,1-4H2,(H,14,16). The molecule has 3 N–H and O–H groups in total. The largest absolute Gasteiger partial charge is 0.411 e. The van der Waals surface area contributed by atoms with E-state index in [1.165, 1.54) is 0 Å². The van der Waals surface area contributed by atoms with E-state index in [4.69, 9.17) is 5.11 Å². The van der Waals surface area contributed by atoms with Gasteiger partial charge in [0.05, 0.1) is 12.1 Å². The summed E-state index contributed by atoms with van der Waals surface area (Å²) in [7, 11) is 0. The molecule has 1 saturated heterocycles. The number of alkyl halides is 3. The van der Waals surface area contributed by atoms with Crippen molar-refractivity contribution in [2.75, 3.05) is 6.54 Å². The minimum absolute atomic E-state index is 0.0580. The maximum absolute atomic E-state index is 12.5. The second-order valence-corrected chi connectivity index (χ2v) is 4.42. The number of amides is 1. The Balaban J connectivity index is 1.93. The zero-order valence-corrected chi connectivity index (χ0v) is 8.47. The van der Waals surface area contributed by atoms with Crippen molar-refractivity contribution in [3.05, 3.63) is 0 Å². The van der Waals surface area contributed by atoms with Crippen molar-refractivity contribution in [2.45, 2.75) is 43.1 Å². The lowest BCUT2D eigenvalue weighted by Crippen LogP contribution is -2.52. The number of β-amino-alcohol motifs (C(OH)–C–C–N with tert-alkyl or cyclic N) is 1. The molecule has 2 rings (SSSR count).